The number of hydrogen-bond donors (Lipinski definition) is 2. The number of aliphatic hydroxyl groups excluding tert-OH is 1. The van der Waals surface area contributed by atoms with Crippen molar-refractivity contribution < 1.29 is 9.90 Å². The molecule has 5 nitrogen and oxygen atoms in total. The van der Waals surface area contributed by atoms with Crippen LogP contribution in [-0.4, -0.2) is 33.4 Å². The Bertz CT molecular complexity index is 603. The maximum atomic E-state index is 12.4. The quantitative estimate of drug-likeness (QED) is 0.824. The molecule has 2 aromatic heterocycles. The van der Waals surface area contributed by atoms with Crippen LogP contribution in [0.3, 0.4) is 0 Å². The van der Waals surface area contributed by atoms with E-state index in [1.807, 2.05) is 17.5 Å². The van der Waals surface area contributed by atoms with Gasteiger partial charge in [0.1, 0.15) is 5.69 Å². The van der Waals surface area contributed by atoms with Crippen LogP contribution in [0.5, 0.6) is 0 Å². The van der Waals surface area contributed by atoms with E-state index in [-0.39, 0.29) is 18.4 Å². The highest BCUT2D eigenvalue weighted by Crippen LogP contribution is 2.26. The van der Waals surface area contributed by atoms with E-state index in [9.17, 15) is 9.90 Å². The molecular formula is C16H23N3O2S. The number of thiophene rings is 1. The van der Waals surface area contributed by atoms with Crippen molar-refractivity contribution in [1.82, 2.24) is 15.1 Å². The van der Waals surface area contributed by atoms with Crippen LogP contribution >= 0.6 is 11.3 Å². The van der Waals surface area contributed by atoms with Crippen molar-refractivity contribution in [2.75, 3.05) is 6.54 Å². The molecule has 0 fully saturated rings. The molecule has 0 radical (unpaired) electrons. The number of carbonyl (C=O) groups is 1. The zero-order valence-corrected chi connectivity index (χ0v) is 14.1. The van der Waals surface area contributed by atoms with Gasteiger partial charge in [0.15, 0.2) is 0 Å². The first-order valence-electron chi connectivity index (χ1n) is 7.60. The van der Waals surface area contributed by atoms with E-state index < -0.39 is 6.10 Å². The third-order valence-corrected chi connectivity index (χ3v) is 4.77. The number of nitrogens with zero attached hydrogens (tertiary/aromatic N) is 2. The van der Waals surface area contributed by atoms with Gasteiger partial charge in [0, 0.05) is 19.8 Å². The molecule has 6 heteroatoms. The normalized spacial score (nSPS) is 12.6. The van der Waals surface area contributed by atoms with Crippen LogP contribution < -0.4 is 5.32 Å². The van der Waals surface area contributed by atoms with E-state index in [2.05, 4.69) is 24.3 Å². The Balaban J connectivity index is 2.07. The molecule has 120 valence electrons. The molecule has 0 aromatic carbocycles. The maximum absolute atomic E-state index is 12.4. The molecule has 0 aliphatic heterocycles. The lowest BCUT2D eigenvalue weighted by atomic mass is 9.96. The van der Waals surface area contributed by atoms with Gasteiger partial charge in [-0.15, -0.1) is 11.3 Å². The molecule has 2 heterocycles. The Hall–Kier alpha value is -1.66. The van der Waals surface area contributed by atoms with Gasteiger partial charge in [-0.25, -0.2) is 0 Å². The number of aromatic nitrogens is 2. The first-order chi connectivity index (χ1) is 10.6. The second-order valence-electron chi connectivity index (χ2n) is 5.40. The average molecular weight is 321 g/mol. The van der Waals surface area contributed by atoms with Crippen molar-refractivity contribution in [3.63, 3.8) is 0 Å². The van der Waals surface area contributed by atoms with Crippen molar-refractivity contribution in [2.45, 2.75) is 32.8 Å². The molecule has 2 aromatic rings. The molecule has 0 spiro atoms. The topological polar surface area (TPSA) is 67.2 Å². The smallest absolute Gasteiger partial charge is 0.255 e. The molecule has 0 aliphatic carbocycles. The summed E-state index contributed by atoms with van der Waals surface area (Å²) in [7, 11) is 1.80. The van der Waals surface area contributed by atoms with Crippen molar-refractivity contribution in [1.29, 1.82) is 0 Å². The minimum Gasteiger partial charge on any atom is -0.391 e. The minimum atomic E-state index is -0.513. The fourth-order valence-electron chi connectivity index (χ4n) is 2.54. The molecule has 0 saturated heterocycles. The van der Waals surface area contributed by atoms with Gasteiger partial charge in [0.25, 0.3) is 5.91 Å². The Kier molecular flexibility index (Phi) is 5.74. The lowest BCUT2D eigenvalue weighted by Crippen LogP contribution is -2.36. The Labute approximate surface area is 135 Å². The fourth-order valence-corrected chi connectivity index (χ4v) is 3.27. The van der Waals surface area contributed by atoms with Gasteiger partial charge in [-0.05, 0) is 17.4 Å². The summed E-state index contributed by atoms with van der Waals surface area (Å²) >= 11 is 1.55. The molecular weight excluding hydrogens is 298 g/mol. The van der Waals surface area contributed by atoms with Crippen molar-refractivity contribution in [3.8, 4) is 10.6 Å². The summed E-state index contributed by atoms with van der Waals surface area (Å²) < 4.78 is 1.64. The van der Waals surface area contributed by atoms with Crippen molar-refractivity contribution >= 4 is 17.2 Å². The second kappa shape index (κ2) is 7.56. The second-order valence-corrected chi connectivity index (χ2v) is 6.34. The van der Waals surface area contributed by atoms with E-state index in [1.165, 1.54) is 0 Å². The fraction of sp³-hybridized carbons (Fsp3) is 0.500. The Morgan fingerprint density at radius 2 is 2.18 bits per heavy atom. The minimum absolute atomic E-state index is 0.193. The van der Waals surface area contributed by atoms with Crippen molar-refractivity contribution in [3.05, 3.63) is 29.3 Å². The van der Waals surface area contributed by atoms with Crippen LogP contribution in [0.1, 0.15) is 37.0 Å². The number of rotatable bonds is 7. The van der Waals surface area contributed by atoms with Crippen LogP contribution in [0.15, 0.2) is 23.7 Å². The van der Waals surface area contributed by atoms with Gasteiger partial charge in [-0.3, -0.25) is 9.48 Å². The molecule has 2 N–H and O–H groups in total. The van der Waals surface area contributed by atoms with Crippen LogP contribution in [-0.2, 0) is 7.05 Å². The number of aryl methyl sites for hydroxylation is 1. The van der Waals surface area contributed by atoms with E-state index >= 15 is 0 Å². The predicted octanol–water partition coefficient (Wildman–Crippen LogP) is 2.68. The Morgan fingerprint density at radius 3 is 2.77 bits per heavy atom. The van der Waals surface area contributed by atoms with Gasteiger partial charge in [0.05, 0.1) is 16.5 Å². The number of aliphatic hydroxyl groups is 1. The highest BCUT2D eigenvalue weighted by molar-refractivity contribution is 7.13. The summed E-state index contributed by atoms with van der Waals surface area (Å²) in [5.74, 6) is 0.0208. The lowest BCUT2D eigenvalue weighted by molar-refractivity contribution is 0.0817. The maximum Gasteiger partial charge on any atom is 0.255 e. The predicted molar refractivity (Wildman–Crippen MR) is 88.9 cm³/mol. The zero-order chi connectivity index (χ0) is 16.1. The molecule has 22 heavy (non-hydrogen) atoms. The number of amides is 1. The zero-order valence-electron chi connectivity index (χ0n) is 13.2. The first kappa shape index (κ1) is 16.7. The highest BCUT2D eigenvalue weighted by Gasteiger charge is 2.20. The molecule has 0 aliphatic rings. The largest absolute Gasteiger partial charge is 0.391 e. The number of carbonyl (C=O) groups excluding carboxylic acids is 1. The summed E-state index contributed by atoms with van der Waals surface area (Å²) in [5.41, 5.74) is 1.23. The van der Waals surface area contributed by atoms with Crippen LogP contribution in [0.4, 0.5) is 0 Å². The van der Waals surface area contributed by atoms with Gasteiger partial charge in [0.2, 0.25) is 0 Å². The van der Waals surface area contributed by atoms with Crippen LogP contribution in [0, 0.1) is 5.92 Å². The summed E-state index contributed by atoms with van der Waals surface area (Å²) in [6.45, 7) is 4.37. The molecule has 0 saturated carbocycles. The number of nitrogens with one attached hydrogen (secondary N) is 1. The van der Waals surface area contributed by atoms with Crippen LogP contribution in [0.2, 0.25) is 0 Å². The van der Waals surface area contributed by atoms with Crippen molar-refractivity contribution in [2.24, 2.45) is 13.0 Å². The van der Waals surface area contributed by atoms with E-state index in [0.717, 1.165) is 17.7 Å². The van der Waals surface area contributed by atoms with Gasteiger partial charge < -0.3 is 10.4 Å². The molecule has 1 atom stereocenters. The van der Waals surface area contributed by atoms with E-state index in [1.54, 1.807) is 29.3 Å². The summed E-state index contributed by atoms with van der Waals surface area (Å²) in [5, 5.41) is 19.3. The third-order valence-electron chi connectivity index (χ3n) is 3.89. The standard InChI is InChI=1S/C16H23N3O2S/c1-4-11(5-2)13(20)9-17-16(21)12-10-19(3)18-15(12)14-7-6-8-22-14/h6-8,10-11,13,20H,4-5,9H2,1-3H3,(H,17,21). The molecule has 1 amide bonds. The third kappa shape index (κ3) is 3.75. The number of hydrogen-bond acceptors (Lipinski definition) is 4. The van der Waals surface area contributed by atoms with Crippen LogP contribution in [0.25, 0.3) is 10.6 Å². The average Bonchev–Trinajstić information content (AvgIpc) is 3.14. The first-order valence-corrected chi connectivity index (χ1v) is 8.48. The molecule has 1 unspecified atom stereocenters. The summed E-state index contributed by atoms with van der Waals surface area (Å²) in [4.78, 5) is 13.4. The molecule has 2 rings (SSSR count). The van der Waals surface area contributed by atoms with Gasteiger partial charge in [-0.1, -0.05) is 32.8 Å². The van der Waals surface area contributed by atoms with E-state index in [4.69, 9.17) is 0 Å². The lowest BCUT2D eigenvalue weighted by Gasteiger charge is -2.20. The SMILES string of the molecule is CCC(CC)C(O)CNC(=O)c1cn(C)nc1-c1cccs1. The van der Waals surface area contributed by atoms with Gasteiger partial charge in [-0.2, -0.15) is 5.10 Å². The van der Waals surface area contributed by atoms with Gasteiger partial charge >= 0.3 is 0 Å². The summed E-state index contributed by atoms with van der Waals surface area (Å²) in [6, 6.07) is 3.88. The molecule has 0 bridgehead atoms. The highest BCUT2D eigenvalue weighted by atomic mass is 32.1. The van der Waals surface area contributed by atoms with E-state index in [0.29, 0.717) is 11.3 Å². The Morgan fingerprint density at radius 1 is 1.45 bits per heavy atom. The summed E-state index contributed by atoms with van der Waals surface area (Å²) in [6.07, 6.45) is 3.01. The monoisotopic (exact) mass is 321 g/mol.